The van der Waals surface area contributed by atoms with E-state index in [1.54, 1.807) is 68.7 Å². The zero-order chi connectivity index (χ0) is 24.1. The number of ketones is 2. The molecule has 0 aromatic heterocycles. The third kappa shape index (κ3) is 3.15. The first-order valence-corrected chi connectivity index (χ1v) is 10.9. The van der Waals surface area contributed by atoms with Crippen molar-refractivity contribution >= 4 is 34.8 Å². The Morgan fingerprint density at radius 2 is 1.15 bits per heavy atom. The average molecular weight is 456 g/mol. The van der Waals surface area contributed by atoms with Crippen molar-refractivity contribution in [2.24, 2.45) is 11.8 Å². The molecular formula is C27H21FN2O4. The number of hydrogen-bond donors (Lipinski definition) is 0. The van der Waals surface area contributed by atoms with Crippen molar-refractivity contribution in [1.82, 2.24) is 0 Å². The number of carbonyl (C=O) groups is 4. The van der Waals surface area contributed by atoms with Crippen molar-refractivity contribution in [3.8, 4) is 0 Å². The van der Waals surface area contributed by atoms with Gasteiger partial charge >= 0.3 is 0 Å². The molecule has 0 fully saturated rings. The van der Waals surface area contributed by atoms with Gasteiger partial charge in [-0.05, 0) is 42.0 Å². The fourth-order valence-electron chi connectivity index (χ4n) is 5.09. The zero-order valence-corrected chi connectivity index (χ0v) is 18.6. The first kappa shape index (κ1) is 21.7. The molecule has 0 saturated carbocycles. The minimum absolute atomic E-state index is 0.249. The Hall–Kier alpha value is -4.13. The van der Waals surface area contributed by atoms with E-state index >= 15 is 0 Å². The number of anilines is 2. The quantitative estimate of drug-likeness (QED) is 0.561. The second kappa shape index (κ2) is 8.02. The summed E-state index contributed by atoms with van der Waals surface area (Å²) in [6, 6.07) is 18.8. The molecule has 6 nitrogen and oxygen atoms in total. The molecule has 0 spiro atoms. The number of rotatable bonds is 3. The molecule has 2 aliphatic heterocycles. The second-order valence-corrected chi connectivity index (χ2v) is 8.59. The normalized spacial score (nSPS) is 20.0. The van der Waals surface area contributed by atoms with Gasteiger partial charge in [0.15, 0.2) is 11.6 Å². The van der Waals surface area contributed by atoms with E-state index in [1.165, 1.54) is 28.0 Å². The highest BCUT2D eigenvalue weighted by atomic mass is 19.1. The van der Waals surface area contributed by atoms with Crippen molar-refractivity contribution in [3.63, 3.8) is 0 Å². The summed E-state index contributed by atoms with van der Waals surface area (Å²) in [4.78, 5) is 57.2. The van der Waals surface area contributed by atoms with Crippen LogP contribution in [0.15, 0.2) is 72.8 Å². The van der Waals surface area contributed by atoms with Crippen molar-refractivity contribution in [1.29, 1.82) is 0 Å². The SMILES string of the molecule is CN1C(=O)[C@@H](C(c2cccc(F)c2)[C@H]2C(=O)c3ccccc3N(C)C2=O)C(=O)c2ccccc21. The first-order chi connectivity index (χ1) is 16.3. The van der Waals surface area contributed by atoms with Gasteiger partial charge in [0.05, 0.1) is 11.4 Å². The van der Waals surface area contributed by atoms with Gasteiger partial charge in [0, 0.05) is 31.1 Å². The number of hydrogen-bond acceptors (Lipinski definition) is 4. The summed E-state index contributed by atoms with van der Waals surface area (Å²) >= 11 is 0. The number of para-hydroxylation sites is 2. The number of nitrogens with zero attached hydrogens (tertiary/aromatic N) is 2. The predicted molar refractivity (Wildman–Crippen MR) is 124 cm³/mol. The molecule has 0 aliphatic carbocycles. The van der Waals surface area contributed by atoms with Crippen LogP contribution in [-0.4, -0.2) is 37.5 Å². The number of fused-ring (bicyclic) bond motifs is 2. The smallest absolute Gasteiger partial charge is 0.238 e. The summed E-state index contributed by atoms with van der Waals surface area (Å²) in [5.41, 5.74) is 1.80. The molecule has 170 valence electrons. The molecule has 2 aliphatic rings. The van der Waals surface area contributed by atoms with Crippen LogP contribution in [0.5, 0.6) is 0 Å². The maximum Gasteiger partial charge on any atom is 0.238 e. The Morgan fingerprint density at radius 1 is 0.676 bits per heavy atom. The van der Waals surface area contributed by atoms with Crippen LogP contribution in [0.1, 0.15) is 32.2 Å². The maximum absolute atomic E-state index is 14.3. The molecule has 0 unspecified atom stereocenters. The van der Waals surface area contributed by atoms with E-state index in [0.717, 1.165) is 0 Å². The summed E-state index contributed by atoms with van der Waals surface area (Å²) in [6.45, 7) is 0. The van der Waals surface area contributed by atoms with Crippen molar-refractivity contribution in [2.45, 2.75) is 5.92 Å². The third-order valence-electron chi connectivity index (χ3n) is 6.77. The van der Waals surface area contributed by atoms with Gasteiger partial charge in [-0.3, -0.25) is 19.2 Å². The summed E-state index contributed by atoms with van der Waals surface area (Å²) in [5, 5.41) is 0. The van der Waals surface area contributed by atoms with Gasteiger partial charge in [-0.25, -0.2) is 4.39 Å². The Morgan fingerprint density at radius 3 is 1.62 bits per heavy atom. The Balaban J connectivity index is 1.72. The van der Waals surface area contributed by atoms with Crippen LogP contribution in [-0.2, 0) is 9.59 Å². The Kier molecular flexibility index (Phi) is 5.12. The molecule has 7 heteroatoms. The van der Waals surface area contributed by atoms with E-state index in [4.69, 9.17) is 0 Å². The molecule has 0 N–H and O–H groups in total. The van der Waals surface area contributed by atoms with Crippen LogP contribution in [0.2, 0.25) is 0 Å². The van der Waals surface area contributed by atoms with Crippen molar-refractivity contribution < 1.29 is 23.6 Å². The topological polar surface area (TPSA) is 74.8 Å². The first-order valence-electron chi connectivity index (χ1n) is 10.9. The van der Waals surface area contributed by atoms with Crippen LogP contribution in [0, 0.1) is 17.7 Å². The molecule has 5 rings (SSSR count). The highest BCUT2D eigenvalue weighted by Crippen LogP contribution is 2.45. The zero-order valence-electron chi connectivity index (χ0n) is 18.6. The molecule has 2 heterocycles. The monoisotopic (exact) mass is 456 g/mol. The average Bonchev–Trinajstić information content (AvgIpc) is 2.85. The summed E-state index contributed by atoms with van der Waals surface area (Å²) in [6.07, 6.45) is 0. The number of amides is 2. The van der Waals surface area contributed by atoms with Crippen LogP contribution in [0.3, 0.4) is 0 Å². The van der Waals surface area contributed by atoms with Crippen LogP contribution in [0.25, 0.3) is 0 Å². The van der Waals surface area contributed by atoms with Gasteiger partial charge in [0.25, 0.3) is 0 Å². The molecular weight excluding hydrogens is 435 g/mol. The van der Waals surface area contributed by atoms with E-state index in [1.807, 2.05) is 0 Å². The van der Waals surface area contributed by atoms with Crippen molar-refractivity contribution in [3.05, 3.63) is 95.3 Å². The largest absolute Gasteiger partial charge is 0.314 e. The number of Topliss-reactive ketones (excluding diaryl/α,β-unsaturated/α-hetero) is 2. The predicted octanol–water partition coefficient (Wildman–Crippen LogP) is 3.86. The summed E-state index contributed by atoms with van der Waals surface area (Å²) in [7, 11) is 3.10. The Labute approximate surface area is 195 Å². The van der Waals surface area contributed by atoms with Gasteiger partial charge < -0.3 is 9.80 Å². The van der Waals surface area contributed by atoms with Crippen LogP contribution >= 0.6 is 0 Å². The van der Waals surface area contributed by atoms with Gasteiger partial charge in [0.1, 0.15) is 17.7 Å². The number of carbonyl (C=O) groups excluding carboxylic acids is 4. The third-order valence-corrected chi connectivity index (χ3v) is 6.77. The van der Waals surface area contributed by atoms with Crippen molar-refractivity contribution in [2.75, 3.05) is 23.9 Å². The van der Waals surface area contributed by atoms with E-state index in [9.17, 15) is 23.6 Å². The molecule has 2 amide bonds. The van der Waals surface area contributed by atoms with Gasteiger partial charge in [-0.15, -0.1) is 0 Å². The fourth-order valence-corrected chi connectivity index (χ4v) is 5.09. The van der Waals surface area contributed by atoms with Crippen LogP contribution < -0.4 is 9.80 Å². The van der Waals surface area contributed by atoms with E-state index < -0.39 is 47.0 Å². The molecule has 3 aromatic carbocycles. The highest BCUT2D eigenvalue weighted by Gasteiger charge is 2.52. The van der Waals surface area contributed by atoms with Crippen LogP contribution in [0.4, 0.5) is 15.8 Å². The summed E-state index contributed by atoms with van der Waals surface area (Å²) < 4.78 is 14.3. The van der Waals surface area contributed by atoms with E-state index in [-0.39, 0.29) is 5.56 Å². The lowest BCUT2D eigenvalue weighted by molar-refractivity contribution is -0.124. The minimum atomic E-state index is -1.36. The molecule has 0 saturated heterocycles. The second-order valence-electron chi connectivity index (χ2n) is 8.59. The van der Waals surface area contributed by atoms with Gasteiger partial charge in [-0.1, -0.05) is 36.4 Å². The molecule has 2 atom stereocenters. The number of benzene rings is 3. The molecule has 3 aromatic rings. The molecule has 0 radical (unpaired) electrons. The fraction of sp³-hybridized carbons (Fsp3) is 0.185. The van der Waals surface area contributed by atoms with E-state index in [2.05, 4.69) is 0 Å². The number of halogens is 1. The minimum Gasteiger partial charge on any atom is -0.314 e. The lowest BCUT2D eigenvalue weighted by atomic mass is 9.68. The molecule has 34 heavy (non-hydrogen) atoms. The highest BCUT2D eigenvalue weighted by molar-refractivity contribution is 6.25. The molecule has 0 bridgehead atoms. The summed E-state index contributed by atoms with van der Waals surface area (Å²) in [5.74, 6) is -6.56. The lowest BCUT2D eigenvalue weighted by Crippen LogP contribution is -2.52. The van der Waals surface area contributed by atoms with Gasteiger partial charge in [-0.2, -0.15) is 0 Å². The Bertz CT molecular complexity index is 1290. The maximum atomic E-state index is 14.3. The lowest BCUT2D eigenvalue weighted by Gasteiger charge is -2.40. The standard InChI is InChI=1S/C27H21FN2O4/c1-29-19-12-5-3-10-17(19)24(31)22(26(29)33)21(15-8-7-9-16(28)14-15)23-25(32)18-11-4-6-13-20(18)30(2)27(23)34/h3-14,21-23H,1-2H3/t22-,23-/m0/s1. The van der Waals surface area contributed by atoms with E-state index in [0.29, 0.717) is 22.5 Å². The van der Waals surface area contributed by atoms with Gasteiger partial charge in [0.2, 0.25) is 11.8 Å².